The molecule has 0 aliphatic heterocycles. The maximum absolute atomic E-state index is 13.0. The molecule has 0 aromatic rings. The fourth-order valence-electron chi connectivity index (χ4n) is 8.06. The van der Waals surface area contributed by atoms with Gasteiger partial charge in [-0.3, -0.25) is 14.4 Å². The largest absolute Gasteiger partial charge is 0.458 e. The zero-order valence-corrected chi connectivity index (χ0v) is 20.9. The highest BCUT2D eigenvalue weighted by atomic mass is 16.7. The van der Waals surface area contributed by atoms with Crippen LogP contribution in [0.3, 0.4) is 0 Å². The number of ketones is 2. The van der Waals surface area contributed by atoms with Crippen LogP contribution in [0, 0.1) is 40.4 Å². The van der Waals surface area contributed by atoms with Gasteiger partial charge in [-0.2, -0.15) is 0 Å². The van der Waals surface area contributed by atoms with Crippen LogP contribution in [-0.2, 0) is 28.6 Å². The van der Waals surface area contributed by atoms with E-state index in [1.807, 2.05) is 13.0 Å². The van der Waals surface area contributed by atoms with Gasteiger partial charge in [0.1, 0.15) is 6.61 Å². The van der Waals surface area contributed by atoms with Crippen molar-refractivity contribution in [2.45, 2.75) is 78.9 Å². The Morgan fingerprint density at radius 3 is 2.61 bits per heavy atom. The molecule has 1 unspecified atom stereocenters. The minimum atomic E-state index is -0.397. The fourth-order valence-corrected chi connectivity index (χ4v) is 8.06. The van der Waals surface area contributed by atoms with E-state index in [1.165, 1.54) is 12.5 Å². The number of Topliss-reactive ketones (excluding diaryl/α,β-unsaturated/α-hetero) is 1. The van der Waals surface area contributed by atoms with Crippen LogP contribution in [0.25, 0.3) is 0 Å². The summed E-state index contributed by atoms with van der Waals surface area (Å²) in [4.78, 5) is 36.7. The van der Waals surface area contributed by atoms with Crippen LogP contribution in [0.2, 0.25) is 0 Å². The summed E-state index contributed by atoms with van der Waals surface area (Å²) in [7, 11) is 1.65. The quantitative estimate of drug-likeness (QED) is 0.411. The van der Waals surface area contributed by atoms with Crippen LogP contribution in [-0.4, -0.2) is 44.1 Å². The van der Waals surface area contributed by atoms with Gasteiger partial charge in [-0.25, -0.2) is 0 Å². The predicted octanol–water partition coefficient (Wildman–Crippen LogP) is 4.50. The van der Waals surface area contributed by atoms with Crippen molar-refractivity contribution in [3.8, 4) is 0 Å². The maximum Gasteiger partial charge on any atom is 0.303 e. The van der Waals surface area contributed by atoms with Crippen LogP contribution in [0.5, 0.6) is 0 Å². The van der Waals surface area contributed by atoms with Crippen molar-refractivity contribution in [1.29, 1.82) is 0 Å². The van der Waals surface area contributed by atoms with E-state index in [9.17, 15) is 14.4 Å². The fraction of sp³-hybridized carbons (Fsp3) is 0.815. The Bertz CT molecular complexity index is 832. The van der Waals surface area contributed by atoms with Crippen LogP contribution >= 0.6 is 0 Å². The molecule has 0 bridgehead atoms. The van der Waals surface area contributed by atoms with E-state index in [2.05, 4.69) is 13.8 Å². The summed E-state index contributed by atoms with van der Waals surface area (Å²) in [6.45, 7) is 8.38. The summed E-state index contributed by atoms with van der Waals surface area (Å²) in [5.74, 6) is 1.61. The highest BCUT2D eigenvalue weighted by Gasteiger charge is 2.61. The van der Waals surface area contributed by atoms with Gasteiger partial charge in [0.2, 0.25) is 0 Å². The van der Waals surface area contributed by atoms with Crippen molar-refractivity contribution in [3.63, 3.8) is 0 Å². The average Bonchev–Trinajstić information content (AvgIpc) is 3.13. The lowest BCUT2D eigenvalue weighted by molar-refractivity contribution is -0.150. The van der Waals surface area contributed by atoms with Crippen molar-refractivity contribution >= 4 is 17.5 Å². The number of carbonyl (C=O) groups excluding carboxylic acids is 3. The molecule has 4 aliphatic carbocycles. The van der Waals surface area contributed by atoms with E-state index in [4.69, 9.17) is 14.2 Å². The van der Waals surface area contributed by atoms with Gasteiger partial charge < -0.3 is 14.2 Å². The molecule has 4 aliphatic rings. The van der Waals surface area contributed by atoms with Gasteiger partial charge in [-0.15, -0.1) is 0 Å². The van der Waals surface area contributed by atoms with E-state index in [0.29, 0.717) is 30.8 Å². The molecule has 6 nitrogen and oxygen atoms in total. The first kappa shape index (κ1) is 24.6. The zero-order chi connectivity index (χ0) is 24.0. The first-order chi connectivity index (χ1) is 15.6. The molecule has 0 amide bonds. The van der Waals surface area contributed by atoms with Gasteiger partial charge in [0.05, 0.1) is 6.61 Å². The van der Waals surface area contributed by atoms with Crippen molar-refractivity contribution in [3.05, 3.63) is 11.6 Å². The van der Waals surface area contributed by atoms with Gasteiger partial charge in [-0.05, 0) is 80.1 Å². The van der Waals surface area contributed by atoms with E-state index in [1.54, 1.807) is 7.11 Å². The molecule has 0 N–H and O–H groups in total. The third-order valence-electron chi connectivity index (χ3n) is 9.79. The van der Waals surface area contributed by atoms with E-state index >= 15 is 0 Å². The van der Waals surface area contributed by atoms with Crippen molar-refractivity contribution < 1.29 is 28.6 Å². The summed E-state index contributed by atoms with van der Waals surface area (Å²) in [6, 6.07) is 0. The lowest BCUT2D eigenvalue weighted by Gasteiger charge is -2.59. The van der Waals surface area contributed by atoms with Gasteiger partial charge in [0, 0.05) is 32.3 Å². The molecule has 3 fully saturated rings. The number of hydrogen-bond donors (Lipinski definition) is 0. The Labute approximate surface area is 197 Å². The van der Waals surface area contributed by atoms with Crippen LogP contribution < -0.4 is 0 Å². The van der Waals surface area contributed by atoms with Gasteiger partial charge in [0.15, 0.2) is 17.9 Å². The van der Waals surface area contributed by atoms with Crippen LogP contribution in [0.4, 0.5) is 0 Å². The van der Waals surface area contributed by atoms with E-state index in [0.717, 1.165) is 38.5 Å². The standard InChI is InChI=1S/C27H40O6/c1-16(28)32-15-25(30)23-7-6-21-20-12-18(14-33-17(2)31-5)24-13-19(29)8-10-27(24,4)22(20)9-11-26(21,23)3/h13,17-18,20-23H,6-12,14-15H2,1-5H3/t17?,18-,20+,21+,22+,23-,26+,27-/m1/s1. The first-order valence-corrected chi connectivity index (χ1v) is 12.7. The molecule has 0 heterocycles. The average molecular weight is 461 g/mol. The van der Waals surface area contributed by atoms with E-state index in [-0.39, 0.29) is 47.1 Å². The normalized spacial score (nSPS) is 40.8. The summed E-state index contributed by atoms with van der Waals surface area (Å²) in [5, 5.41) is 0. The molecular formula is C27H40O6. The first-order valence-electron chi connectivity index (χ1n) is 12.7. The summed E-state index contributed by atoms with van der Waals surface area (Å²) >= 11 is 0. The number of methoxy groups -OCH3 is 1. The number of ether oxygens (including phenoxy) is 3. The smallest absolute Gasteiger partial charge is 0.303 e. The second-order valence-corrected chi connectivity index (χ2v) is 11.4. The van der Waals surface area contributed by atoms with Crippen LogP contribution in [0.15, 0.2) is 11.6 Å². The molecule has 8 atom stereocenters. The second kappa shape index (κ2) is 9.26. The highest BCUT2D eigenvalue weighted by Crippen LogP contribution is 2.67. The molecule has 184 valence electrons. The van der Waals surface area contributed by atoms with Crippen molar-refractivity contribution in [2.24, 2.45) is 40.4 Å². The Kier molecular flexibility index (Phi) is 6.90. The van der Waals surface area contributed by atoms with Crippen molar-refractivity contribution in [2.75, 3.05) is 20.3 Å². The lowest BCUT2D eigenvalue weighted by atomic mass is 9.45. The number of esters is 1. The Balaban J connectivity index is 1.60. The number of carbonyl (C=O) groups is 3. The van der Waals surface area contributed by atoms with E-state index < -0.39 is 5.97 Å². The molecule has 3 saturated carbocycles. The summed E-state index contributed by atoms with van der Waals surface area (Å²) in [6.07, 6.45) is 8.21. The molecule has 6 heteroatoms. The molecule has 0 aromatic heterocycles. The number of hydrogen-bond acceptors (Lipinski definition) is 6. The summed E-state index contributed by atoms with van der Waals surface area (Å²) < 4.78 is 16.4. The topological polar surface area (TPSA) is 78.9 Å². The Morgan fingerprint density at radius 1 is 1.15 bits per heavy atom. The molecule has 0 aromatic carbocycles. The molecule has 4 rings (SSSR count). The molecule has 0 radical (unpaired) electrons. The maximum atomic E-state index is 13.0. The molecule has 0 saturated heterocycles. The third-order valence-corrected chi connectivity index (χ3v) is 9.79. The number of fused-ring (bicyclic) bond motifs is 5. The Morgan fingerprint density at radius 2 is 1.91 bits per heavy atom. The van der Waals surface area contributed by atoms with Crippen LogP contribution in [0.1, 0.15) is 72.6 Å². The third kappa shape index (κ3) is 4.34. The van der Waals surface area contributed by atoms with Gasteiger partial charge in [-0.1, -0.05) is 19.4 Å². The second-order valence-electron chi connectivity index (χ2n) is 11.4. The number of rotatable bonds is 7. The Hall–Kier alpha value is -1.53. The highest BCUT2D eigenvalue weighted by molar-refractivity contribution is 5.91. The monoisotopic (exact) mass is 460 g/mol. The van der Waals surface area contributed by atoms with Gasteiger partial charge >= 0.3 is 5.97 Å². The molecule has 0 spiro atoms. The minimum absolute atomic E-state index is 0.0162. The lowest BCUT2D eigenvalue weighted by Crippen LogP contribution is -2.53. The van der Waals surface area contributed by atoms with Crippen molar-refractivity contribution in [1.82, 2.24) is 0 Å². The SMILES string of the molecule is COC(C)OC[C@H]1C[C@H]2[C@@H]3CC[C@H](C(=O)COC(C)=O)[C@@]3(C)CC[C@@H]2[C@@]2(C)CCC(=O)C=C12. The van der Waals surface area contributed by atoms with Gasteiger partial charge in [0.25, 0.3) is 0 Å². The predicted molar refractivity (Wildman–Crippen MR) is 123 cm³/mol. The minimum Gasteiger partial charge on any atom is -0.458 e. The molecular weight excluding hydrogens is 420 g/mol. The summed E-state index contributed by atoms with van der Waals surface area (Å²) in [5.41, 5.74) is 1.25. The zero-order valence-electron chi connectivity index (χ0n) is 20.9. The molecule has 33 heavy (non-hydrogen) atoms.